The van der Waals surface area contributed by atoms with E-state index < -0.39 is 0 Å². The van der Waals surface area contributed by atoms with Gasteiger partial charge in [0.2, 0.25) is 0 Å². The van der Waals surface area contributed by atoms with Gasteiger partial charge in [-0.3, -0.25) is 9.69 Å². The van der Waals surface area contributed by atoms with Gasteiger partial charge in [-0.15, -0.1) is 0 Å². The first kappa shape index (κ1) is 13.9. The van der Waals surface area contributed by atoms with Crippen molar-refractivity contribution >= 4 is 17.5 Å². The van der Waals surface area contributed by atoms with Crippen molar-refractivity contribution in [1.82, 2.24) is 9.80 Å². The van der Waals surface area contributed by atoms with Crippen molar-refractivity contribution in [2.45, 2.75) is 19.4 Å². The van der Waals surface area contributed by atoms with Crippen LogP contribution in [-0.4, -0.2) is 47.9 Å². The van der Waals surface area contributed by atoms with Crippen molar-refractivity contribution in [1.29, 1.82) is 5.26 Å². The molecule has 1 aromatic rings. The van der Waals surface area contributed by atoms with Crippen LogP contribution >= 0.6 is 11.6 Å². The van der Waals surface area contributed by atoms with Gasteiger partial charge in [0.25, 0.3) is 5.91 Å². The molecule has 2 heterocycles. The first-order chi connectivity index (χ1) is 9.15. The molecule has 2 rings (SSSR count). The monoisotopic (exact) mass is 281 g/mol. The number of nitrogens with zero attached hydrogens (tertiary/aromatic N) is 3. The number of amides is 1. The third-order valence-corrected chi connectivity index (χ3v) is 3.57. The molecule has 1 unspecified atom stereocenters. The van der Waals surface area contributed by atoms with Gasteiger partial charge in [0.15, 0.2) is 11.0 Å². The van der Waals surface area contributed by atoms with E-state index in [1.165, 1.54) is 0 Å². The molecule has 0 saturated carbocycles. The Hall–Kier alpha value is -1.51. The Morgan fingerprint density at radius 2 is 2.16 bits per heavy atom. The molecule has 1 aliphatic rings. The number of furan rings is 1. The van der Waals surface area contributed by atoms with E-state index in [9.17, 15) is 4.79 Å². The molecule has 5 nitrogen and oxygen atoms in total. The minimum absolute atomic E-state index is 0.0599. The van der Waals surface area contributed by atoms with Gasteiger partial charge in [-0.1, -0.05) is 6.92 Å². The Kier molecular flexibility index (Phi) is 4.46. The molecule has 0 bridgehead atoms. The summed E-state index contributed by atoms with van der Waals surface area (Å²) < 4.78 is 5.12. The fourth-order valence-corrected chi connectivity index (χ4v) is 2.40. The number of hydrogen-bond donors (Lipinski definition) is 0. The molecule has 1 aliphatic heterocycles. The predicted molar refractivity (Wildman–Crippen MR) is 70.9 cm³/mol. The van der Waals surface area contributed by atoms with Gasteiger partial charge in [-0.25, -0.2) is 0 Å². The lowest BCUT2D eigenvalue weighted by molar-refractivity contribution is 0.0575. The molecular weight excluding hydrogens is 266 g/mol. The van der Waals surface area contributed by atoms with Crippen molar-refractivity contribution in [2.75, 3.05) is 26.2 Å². The summed E-state index contributed by atoms with van der Waals surface area (Å²) in [7, 11) is 0. The molecule has 0 radical (unpaired) electrons. The zero-order valence-electron chi connectivity index (χ0n) is 10.8. The van der Waals surface area contributed by atoms with Gasteiger partial charge in [-0.05, 0) is 30.2 Å². The van der Waals surface area contributed by atoms with Crippen LogP contribution in [0.3, 0.4) is 0 Å². The number of nitriles is 1. The van der Waals surface area contributed by atoms with E-state index in [1.54, 1.807) is 17.0 Å². The summed E-state index contributed by atoms with van der Waals surface area (Å²) in [5.41, 5.74) is 0. The van der Waals surface area contributed by atoms with Crippen LogP contribution in [0.5, 0.6) is 0 Å². The highest BCUT2D eigenvalue weighted by atomic mass is 35.5. The number of carbonyl (C=O) groups excluding carboxylic acids is 1. The fraction of sp³-hybridized carbons (Fsp3) is 0.538. The van der Waals surface area contributed by atoms with Gasteiger partial charge in [0.05, 0.1) is 12.1 Å². The maximum absolute atomic E-state index is 12.1. The van der Waals surface area contributed by atoms with Crippen molar-refractivity contribution in [3.63, 3.8) is 0 Å². The summed E-state index contributed by atoms with van der Waals surface area (Å²) >= 11 is 5.66. The Morgan fingerprint density at radius 3 is 2.63 bits per heavy atom. The molecule has 0 spiro atoms. The highest BCUT2D eigenvalue weighted by Crippen LogP contribution is 2.17. The molecular formula is C13H16ClN3O2. The summed E-state index contributed by atoms with van der Waals surface area (Å²) in [4.78, 5) is 16.0. The lowest BCUT2D eigenvalue weighted by Crippen LogP contribution is -2.51. The topological polar surface area (TPSA) is 60.5 Å². The quantitative estimate of drug-likeness (QED) is 0.850. The van der Waals surface area contributed by atoms with Crippen molar-refractivity contribution in [3.05, 3.63) is 23.1 Å². The van der Waals surface area contributed by atoms with Crippen molar-refractivity contribution in [2.24, 2.45) is 0 Å². The van der Waals surface area contributed by atoms with E-state index in [-0.39, 0.29) is 22.9 Å². The fourth-order valence-electron chi connectivity index (χ4n) is 2.25. The average molecular weight is 282 g/mol. The Balaban J connectivity index is 1.93. The van der Waals surface area contributed by atoms with Crippen molar-refractivity contribution < 1.29 is 9.21 Å². The maximum atomic E-state index is 12.1. The minimum Gasteiger partial charge on any atom is -0.440 e. The Bertz CT molecular complexity index is 486. The normalized spacial score (nSPS) is 18.1. The van der Waals surface area contributed by atoms with Gasteiger partial charge in [-0.2, -0.15) is 5.26 Å². The molecule has 1 atom stereocenters. The average Bonchev–Trinajstić information content (AvgIpc) is 2.87. The van der Waals surface area contributed by atoms with E-state index in [0.717, 1.165) is 6.42 Å². The summed E-state index contributed by atoms with van der Waals surface area (Å²) in [6, 6.07) is 5.37. The van der Waals surface area contributed by atoms with E-state index >= 15 is 0 Å². The number of carbonyl (C=O) groups is 1. The Morgan fingerprint density at radius 1 is 1.47 bits per heavy atom. The molecule has 1 aromatic heterocycles. The summed E-state index contributed by atoms with van der Waals surface area (Å²) in [6.07, 6.45) is 0.804. The van der Waals surface area contributed by atoms with E-state index in [1.807, 2.05) is 6.92 Å². The number of rotatable bonds is 3. The molecule has 1 saturated heterocycles. The second-order valence-corrected chi connectivity index (χ2v) is 4.86. The van der Waals surface area contributed by atoms with Crippen LogP contribution in [0.2, 0.25) is 5.22 Å². The van der Waals surface area contributed by atoms with Crippen LogP contribution < -0.4 is 0 Å². The summed E-state index contributed by atoms with van der Waals surface area (Å²) in [6.45, 7) is 4.64. The lowest BCUT2D eigenvalue weighted by Gasteiger charge is -2.36. The Labute approximate surface area is 117 Å². The molecule has 1 amide bonds. The third kappa shape index (κ3) is 3.09. The molecule has 6 heteroatoms. The SMILES string of the molecule is CCC(C#N)N1CCN(C(=O)c2ccc(Cl)o2)CC1. The third-order valence-electron chi connectivity index (χ3n) is 3.36. The molecule has 0 aromatic carbocycles. The standard InChI is InChI=1S/C13H16ClN3O2/c1-2-10(9-15)16-5-7-17(8-6-16)13(18)11-3-4-12(14)19-11/h3-4,10H,2,5-8H2,1H3. The van der Waals surface area contributed by atoms with Crippen LogP contribution in [-0.2, 0) is 0 Å². The van der Waals surface area contributed by atoms with E-state index in [0.29, 0.717) is 26.2 Å². The molecule has 0 aliphatic carbocycles. The second-order valence-electron chi connectivity index (χ2n) is 4.49. The summed E-state index contributed by atoms with van der Waals surface area (Å²) in [5, 5.41) is 9.25. The highest BCUT2D eigenvalue weighted by Gasteiger charge is 2.27. The first-order valence-electron chi connectivity index (χ1n) is 6.34. The van der Waals surface area contributed by atoms with E-state index in [4.69, 9.17) is 21.3 Å². The lowest BCUT2D eigenvalue weighted by atomic mass is 10.2. The van der Waals surface area contributed by atoms with Gasteiger partial charge < -0.3 is 9.32 Å². The van der Waals surface area contributed by atoms with Crippen LogP contribution in [0.25, 0.3) is 0 Å². The van der Waals surface area contributed by atoms with Gasteiger partial charge in [0, 0.05) is 26.2 Å². The molecule has 102 valence electrons. The van der Waals surface area contributed by atoms with Gasteiger partial charge in [0.1, 0.15) is 0 Å². The zero-order chi connectivity index (χ0) is 13.8. The predicted octanol–water partition coefficient (Wildman–Crippen LogP) is 1.99. The largest absolute Gasteiger partial charge is 0.440 e. The number of piperazine rings is 1. The van der Waals surface area contributed by atoms with Crippen LogP contribution in [0, 0.1) is 11.3 Å². The minimum atomic E-state index is -0.142. The number of halogens is 1. The zero-order valence-corrected chi connectivity index (χ0v) is 11.6. The van der Waals surface area contributed by atoms with Crippen LogP contribution in [0.1, 0.15) is 23.9 Å². The molecule has 19 heavy (non-hydrogen) atoms. The molecule has 1 fully saturated rings. The van der Waals surface area contributed by atoms with Gasteiger partial charge >= 0.3 is 0 Å². The highest BCUT2D eigenvalue weighted by molar-refractivity contribution is 6.29. The molecule has 0 N–H and O–H groups in total. The number of hydrogen-bond acceptors (Lipinski definition) is 4. The summed E-state index contributed by atoms with van der Waals surface area (Å²) in [5.74, 6) is 0.127. The second kappa shape index (κ2) is 6.09. The smallest absolute Gasteiger partial charge is 0.289 e. The van der Waals surface area contributed by atoms with E-state index in [2.05, 4.69) is 11.0 Å². The van der Waals surface area contributed by atoms with Crippen LogP contribution in [0.4, 0.5) is 0 Å². The van der Waals surface area contributed by atoms with Crippen LogP contribution in [0.15, 0.2) is 16.5 Å². The van der Waals surface area contributed by atoms with Crippen molar-refractivity contribution in [3.8, 4) is 6.07 Å². The first-order valence-corrected chi connectivity index (χ1v) is 6.71. The maximum Gasteiger partial charge on any atom is 0.289 e.